The van der Waals surface area contributed by atoms with Gasteiger partial charge in [0.2, 0.25) is 0 Å². The minimum Gasteiger partial charge on any atom is -0.490 e. The van der Waals surface area contributed by atoms with Crippen LogP contribution in [0, 0.1) is 0 Å². The number of nitrogens with zero attached hydrogens (tertiary/aromatic N) is 1. The summed E-state index contributed by atoms with van der Waals surface area (Å²) in [5.41, 5.74) is 0.851. The summed E-state index contributed by atoms with van der Waals surface area (Å²) in [5, 5.41) is 0.809. The molecule has 0 N–H and O–H groups in total. The molecule has 0 fully saturated rings. The van der Waals surface area contributed by atoms with Crippen LogP contribution in [-0.2, 0) is 13.0 Å². The summed E-state index contributed by atoms with van der Waals surface area (Å²) in [6.07, 6.45) is 0.751. The van der Waals surface area contributed by atoms with Gasteiger partial charge in [-0.15, -0.1) is 11.3 Å². The van der Waals surface area contributed by atoms with Crippen LogP contribution in [0.5, 0.6) is 11.5 Å². The summed E-state index contributed by atoms with van der Waals surface area (Å²) in [5.74, 6) is 1.47. The predicted molar refractivity (Wildman–Crippen MR) is 83.4 cm³/mol. The van der Waals surface area contributed by atoms with Gasteiger partial charge in [-0.3, -0.25) is 4.79 Å². The van der Waals surface area contributed by atoms with E-state index in [9.17, 15) is 4.79 Å². The van der Waals surface area contributed by atoms with Gasteiger partial charge in [0.1, 0.15) is 11.6 Å². The third-order valence-electron chi connectivity index (χ3n) is 2.90. The number of carbonyl (C=O) groups excluding carboxylic acids is 1. The lowest BCUT2D eigenvalue weighted by molar-refractivity contribution is 0.102. The second-order valence-corrected chi connectivity index (χ2v) is 5.55. The van der Waals surface area contributed by atoms with Crippen molar-refractivity contribution in [1.82, 2.24) is 4.98 Å². The highest BCUT2D eigenvalue weighted by molar-refractivity contribution is 7.13. The van der Waals surface area contributed by atoms with Crippen LogP contribution in [-0.4, -0.2) is 17.4 Å². The zero-order valence-corrected chi connectivity index (χ0v) is 13.3. The molecule has 1 heterocycles. The maximum absolute atomic E-state index is 11.6. The maximum atomic E-state index is 11.6. The number of hydrogen-bond acceptors (Lipinski definition) is 5. The molecule has 0 amide bonds. The largest absolute Gasteiger partial charge is 0.490 e. The fraction of sp³-hybridized carbons (Fsp3) is 0.375. The Hall–Kier alpha value is -1.88. The van der Waals surface area contributed by atoms with E-state index < -0.39 is 0 Å². The second kappa shape index (κ2) is 7.22. The Morgan fingerprint density at radius 3 is 2.38 bits per heavy atom. The van der Waals surface area contributed by atoms with Gasteiger partial charge in [0.25, 0.3) is 0 Å². The van der Waals surface area contributed by atoms with Crippen LogP contribution in [0.4, 0.5) is 0 Å². The minimum atomic E-state index is 0.0605. The molecule has 0 saturated carbocycles. The van der Waals surface area contributed by atoms with E-state index in [1.165, 1.54) is 11.3 Å². The highest BCUT2D eigenvalue weighted by atomic mass is 32.1. The zero-order valence-electron chi connectivity index (χ0n) is 12.5. The summed E-state index contributed by atoms with van der Waals surface area (Å²) in [4.78, 5) is 16.8. The number of aromatic nitrogens is 1. The molecule has 0 bridgehead atoms. The average Bonchev–Trinajstić information content (AvgIpc) is 2.90. The second-order valence-electron chi connectivity index (χ2n) is 4.46. The molecule has 0 atom stereocenters. The van der Waals surface area contributed by atoms with Crippen LogP contribution in [0.15, 0.2) is 24.3 Å². The SMILES string of the molecule is CCOc1ccccc1OCc1nc(CC)c(C(C)=O)s1. The summed E-state index contributed by atoms with van der Waals surface area (Å²) < 4.78 is 11.3. The Morgan fingerprint density at radius 2 is 1.86 bits per heavy atom. The molecule has 21 heavy (non-hydrogen) atoms. The molecule has 2 aromatic rings. The first kappa shape index (κ1) is 15.5. The number of ketones is 1. The zero-order chi connectivity index (χ0) is 15.2. The fourth-order valence-corrected chi connectivity index (χ4v) is 2.92. The standard InChI is InChI=1S/C16H19NO3S/c1-4-12-16(11(3)18)21-15(17-12)10-20-14-9-7-6-8-13(14)19-5-2/h6-9H,4-5,10H2,1-3H3. The molecule has 5 heteroatoms. The molecular formula is C16H19NO3S. The number of aryl methyl sites for hydroxylation is 1. The molecule has 0 spiro atoms. The average molecular weight is 305 g/mol. The highest BCUT2D eigenvalue weighted by Gasteiger charge is 2.14. The predicted octanol–water partition coefficient (Wildman–Crippen LogP) is 3.89. The third kappa shape index (κ3) is 3.82. The van der Waals surface area contributed by atoms with Gasteiger partial charge in [-0.25, -0.2) is 4.98 Å². The number of ether oxygens (including phenoxy) is 2. The molecule has 1 aromatic heterocycles. The Balaban J connectivity index is 2.11. The van der Waals surface area contributed by atoms with E-state index in [2.05, 4.69) is 4.98 Å². The van der Waals surface area contributed by atoms with Crippen LogP contribution >= 0.6 is 11.3 Å². The number of hydrogen-bond donors (Lipinski definition) is 0. The third-order valence-corrected chi connectivity index (χ3v) is 4.07. The first-order valence-electron chi connectivity index (χ1n) is 6.99. The molecule has 0 aliphatic rings. The van der Waals surface area contributed by atoms with E-state index in [0.29, 0.717) is 19.0 Å². The number of rotatable bonds is 7. The van der Waals surface area contributed by atoms with Crippen LogP contribution in [0.2, 0.25) is 0 Å². The molecule has 2 rings (SSSR count). The Bertz CT molecular complexity index is 622. The van der Waals surface area contributed by atoms with Gasteiger partial charge in [-0.1, -0.05) is 19.1 Å². The van der Waals surface area contributed by atoms with Gasteiger partial charge in [-0.05, 0) is 25.5 Å². The van der Waals surface area contributed by atoms with Crippen molar-refractivity contribution in [2.45, 2.75) is 33.8 Å². The topological polar surface area (TPSA) is 48.4 Å². The van der Waals surface area contributed by atoms with Crippen LogP contribution in [0.25, 0.3) is 0 Å². The smallest absolute Gasteiger partial charge is 0.171 e. The molecule has 1 aromatic carbocycles. The lowest BCUT2D eigenvalue weighted by Crippen LogP contribution is -1.99. The van der Waals surface area contributed by atoms with E-state index in [0.717, 1.165) is 27.7 Å². The minimum absolute atomic E-state index is 0.0605. The van der Waals surface area contributed by atoms with Gasteiger partial charge < -0.3 is 9.47 Å². The molecule has 0 saturated heterocycles. The van der Waals surface area contributed by atoms with Crippen molar-refractivity contribution in [3.8, 4) is 11.5 Å². The summed E-state index contributed by atoms with van der Waals surface area (Å²) >= 11 is 1.40. The van der Waals surface area contributed by atoms with E-state index in [4.69, 9.17) is 9.47 Å². The molecule has 0 radical (unpaired) electrons. The number of para-hydroxylation sites is 2. The Kier molecular flexibility index (Phi) is 5.33. The molecule has 112 valence electrons. The first-order valence-corrected chi connectivity index (χ1v) is 7.81. The fourth-order valence-electron chi connectivity index (χ4n) is 1.96. The van der Waals surface area contributed by atoms with E-state index in [-0.39, 0.29) is 5.78 Å². The first-order chi connectivity index (χ1) is 10.2. The van der Waals surface area contributed by atoms with Crippen molar-refractivity contribution < 1.29 is 14.3 Å². The Labute approximate surface area is 128 Å². The van der Waals surface area contributed by atoms with Crippen molar-refractivity contribution in [3.05, 3.63) is 39.8 Å². The quantitative estimate of drug-likeness (QED) is 0.728. The lowest BCUT2D eigenvalue weighted by Gasteiger charge is -2.10. The monoisotopic (exact) mass is 305 g/mol. The van der Waals surface area contributed by atoms with Crippen molar-refractivity contribution >= 4 is 17.1 Å². The molecule has 0 unspecified atom stereocenters. The lowest BCUT2D eigenvalue weighted by atomic mass is 10.2. The van der Waals surface area contributed by atoms with Gasteiger partial charge in [-0.2, -0.15) is 0 Å². The van der Waals surface area contributed by atoms with E-state index in [1.807, 2.05) is 38.1 Å². The summed E-state index contributed by atoms with van der Waals surface area (Å²) in [7, 11) is 0. The van der Waals surface area contributed by atoms with Crippen molar-refractivity contribution in [2.24, 2.45) is 0 Å². The number of benzene rings is 1. The number of carbonyl (C=O) groups is 1. The Morgan fingerprint density at radius 1 is 1.19 bits per heavy atom. The molecular weight excluding hydrogens is 286 g/mol. The van der Waals surface area contributed by atoms with Crippen LogP contribution in [0.3, 0.4) is 0 Å². The molecule has 4 nitrogen and oxygen atoms in total. The van der Waals surface area contributed by atoms with Gasteiger partial charge in [0.15, 0.2) is 17.3 Å². The summed E-state index contributed by atoms with van der Waals surface area (Å²) in [6.45, 7) is 6.43. The van der Waals surface area contributed by atoms with Crippen LogP contribution < -0.4 is 9.47 Å². The van der Waals surface area contributed by atoms with Crippen molar-refractivity contribution in [2.75, 3.05) is 6.61 Å². The molecule has 0 aliphatic carbocycles. The highest BCUT2D eigenvalue weighted by Crippen LogP contribution is 2.28. The van der Waals surface area contributed by atoms with E-state index in [1.54, 1.807) is 6.92 Å². The number of thiazole rings is 1. The maximum Gasteiger partial charge on any atom is 0.171 e. The van der Waals surface area contributed by atoms with E-state index >= 15 is 0 Å². The van der Waals surface area contributed by atoms with Gasteiger partial charge in [0, 0.05) is 6.92 Å². The van der Waals surface area contributed by atoms with Gasteiger partial charge in [0.05, 0.1) is 17.2 Å². The van der Waals surface area contributed by atoms with Gasteiger partial charge >= 0.3 is 0 Å². The number of Topliss-reactive ketones (excluding diaryl/α,β-unsaturated/α-hetero) is 1. The normalized spacial score (nSPS) is 10.4. The van der Waals surface area contributed by atoms with Crippen molar-refractivity contribution in [1.29, 1.82) is 0 Å². The van der Waals surface area contributed by atoms with Crippen LogP contribution in [0.1, 0.15) is 41.1 Å². The summed E-state index contributed by atoms with van der Waals surface area (Å²) in [6, 6.07) is 7.55. The van der Waals surface area contributed by atoms with Crippen molar-refractivity contribution in [3.63, 3.8) is 0 Å². The molecule has 0 aliphatic heterocycles.